The maximum atomic E-state index is 12.2. The van der Waals surface area contributed by atoms with E-state index in [4.69, 9.17) is 0 Å². The molecule has 2 aliphatic carbocycles. The first-order chi connectivity index (χ1) is 10.7. The first kappa shape index (κ1) is 15.5. The summed E-state index contributed by atoms with van der Waals surface area (Å²) in [5.41, 5.74) is 1.39. The lowest BCUT2D eigenvalue weighted by Crippen LogP contribution is -2.39. The maximum absolute atomic E-state index is 12.2. The summed E-state index contributed by atoms with van der Waals surface area (Å²) in [5.74, 6) is 1.10. The predicted molar refractivity (Wildman–Crippen MR) is 87.4 cm³/mol. The van der Waals surface area contributed by atoms with Gasteiger partial charge in [0.1, 0.15) is 0 Å². The summed E-state index contributed by atoms with van der Waals surface area (Å²) < 4.78 is 0. The van der Waals surface area contributed by atoms with Gasteiger partial charge in [0.15, 0.2) is 0 Å². The largest absolute Gasteiger partial charge is 0.393 e. The van der Waals surface area contributed by atoms with Gasteiger partial charge in [-0.05, 0) is 62.8 Å². The number of aliphatic hydroxyl groups is 1. The van der Waals surface area contributed by atoms with Gasteiger partial charge in [0.2, 0.25) is 5.91 Å². The van der Waals surface area contributed by atoms with E-state index in [9.17, 15) is 9.90 Å². The van der Waals surface area contributed by atoms with Crippen molar-refractivity contribution in [2.45, 2.75) is 63.5 Å². The average molecular weight is 301 g/mol. The van der Waals surface area contributed by atoms with Gasteiger partial charge in [-0.25, -0.2) is 0 Å². The van der Waals surface area contributed by atoms with Crippen LogP contribution in [0.3, 0.4) is 0 Å². The van der Waals surface area contributed by atoms with E-state index in [2.05, 4.69) is 35.6 Å². The maximum Gasteiger partial charge on any atom is 0.223 e. The van der Waals surface area contributed by atoms with E-state index in [-0.39, 0.29) is 17.9 Å². The number of carbonyl (C=O) groups is 1. The van der Waals surface area contributed by atoms with Gasteiger partial charge in [-0.15, -0.1) is 0 Å². The Kier molecular flexibility index (Phi) is 5.14. The van der Waals surface area contributed by atoms with E-state index in [1.54, 1.807) is 0 Å². The number of nitrogens with one attached hydrogen (secondary N) is 1. The third kappa shape index (κ3) is 4.33. The fourth-order valence-electron chi connectivity index (χ4n) is 3.63. The molecular weight excluding hydrogens is 274 g/mol. The van der Waals surface area contributed by atoms with E-state index in [1.165, 1.54) is 12.0 Å². The smallest absolute Gasteiger partial charge is 0.223 e. The first-order valence-corrected chi connectivity index (χ1v) is 8.74. The number of aliphatic hydroxyl groups excluding tert-OH is 1. The summed E-state index contributed by atoms with van der Waals surface area (Å²) in [4.78, 5) is 12.2. The van der Waals surface area contributed by atoms with Crippen LogP contribution in [0.5, 0.6) is 0 Å². The minimum Gasteiger partial charge on any atom is -0.393 e. The van der Waals surface area contributed by atoms with Gasteiger partial charge in [0.05, 0.1) is 6.10 Å². The van der Waals surface area contributed by atoms with Crippen LogP contribution < -0.4 is 5.32 Å². The molecular formula is C19H27NO2. The van der Waals surface area contributed by atoms with Crippen LogP contribution >= 0.6 is 0 Å². The Labute approximate surface area is 133 Å². The van der Waals surface area contributed by atoms with Gasteiger partial charge in [-0.1, -0.05) is 30.3 Å². The van der Waals surface area contributed by atoms with Crippen LogP contribution in [0, 0.1) is 11.8 Å². The van der Waals surface area contributed by atoms with Gasteiger partial charge in [-0.3, -0.25) is 4.79 Å². The SMILES string of the molecule is O=C(NC1CCC(O)CC1)C1C[C@@H]1CCCc1ccccc1. The van der Waals surface area contributed by atoms with Crippen LogP contribution in [-0.4, -0.2) is 23.2 Å². The summed E-state index contributed by atoms with van der Waals surface area (Å²) in [7, 11) is 0. The van der Waals surface area contributed by atoms with Gasteiger partial charge in [0, 0.05) is 12.0 Å². The van der Waals surface area contributed by atoms with Crippen LogP contribution in [0.15, 0.2) is 30.3 Å². The molecule has 120 valence electrons. The summed E-state index contributed by atoms with van der Waals surface area (Å²) in [6.07, 6.45) is 7.88. The molecule has 1 aromatic carbocycles. The molecule has 2 N–H and O–H groups in total. The predicted octanol–water partition coefficient (Wildman–Crippen LogP) is 3.07. The molecule has 0 aliphatic heterocycles. The first-order valence-electron chi connectivity index (χ1n) is 8.74. The van der Waals surface area contributed by atoms with Crippen LogP contribution in [-0.2, 0) is 11.2 Å². The monoisotopic (exact) mass is 301 g/mol. The lowest BCUT2D eigenvalue weighted by atomic mass is 9.93. The second kappa shape index (κ2) is 7.28. The third-order valence-electron chi connectivity index (χ3n) is 5.19. The number of hydrogen-bond donors (Lipinski definition) is 2. The van der Waals surface area contributed by atoms with Crippen molar-refractivity contribution < 1.29 is 9.90 Å². The quantitative estimate of drug-likeness (QED) is 0.848. The minimum atomic E-state index is -0.153. The average Bonchev–Trinajstić information content (AvgIpc) is 3.30. The molecule has 0 bridgehead atoms. The molecule has 3 nitrogen and oxygen atoms in total. The minimum absolute atomic E-state index is 0.153. The lowest BCUT2D eigenvalue weighted by Gasteiger charge is -2.26. The van der Waals surface area contributed by atoms with Crippen molar-refractivity contribution in [3.8, 4) is 0 Å². The fraction of sp³-hybridized carbons (Fsp3) is 0.632. The van der Waals surface area contributed by atoms with Crippen LogP contribution in [0.1, 0.15) is 50.5 Å². The second-order valence-electron chi connectivity index (χ2n) is 6.99. The van der Waals surface area contributed by atoms with Crippen molar-refractivity contribution in [1.82, 2.24) is 5.32 Å². The number of benzene rings is 1. The molecule has 0 heterocycles. The molecule has 1 unspecified atom stereocenters. The standard InChI is InChI=1S/C19H27NO2/c21-17-11-9-16(10-12-17)20-19(22)18-13-15(18)8-4-7-14-5-2-1-3-6-14/h1-3,5-6,15-18,21H,4,7-13H2,(H,20,22)/t15-,16?,17?,18?/m0/s1. The summed E-state index contributed by atoms with van der Waals surface area (Å²) in [5, 5.41) is 12.7. The normalized spacial score (nSPS) is 30.8. The molecule has 1 aromatic rings. The number of amides is 1. The van der Waals surface area contributed by atoms with E-state index >= 15 is 0 Å². The second-order valence-corrected chi connectivity index (χ2v) is 6.99. The highest BCUT2D eigenvalue weighted by Crippen LogP contribution is 2.42. The highest BCUT2D eigenvalue weighted by molar-refractivity contribution is 5.81. The number of rotatable bonds is 6. The molecule has 0 aromatic heterocycles. The number of hydrogen-bond acceptors (Lipinski definition) is 2. The Morgan fingerprint density at radius 2 is 1.86 bits per heavy atom. The molecule has 3 rings (SSSR count). The fourth-order valence-corrected chi connectivity index (χ4v) is 3.63. The van der Waals surface area contributed by atoms with Crippen molar-refractivity contribution in [3.63, 3.8) is 0 Å². The summed E-state index contributed by atoms with van der Waals surface area (Å²) in [6, 6.07) is 10.9. The van der Waals surface area contributed by atoms with Gasteiger partial charge >= 0.3 is 0 Å². The Hall–Kier alpha value is -1.35. The molecule has 3 heteroatoms. The topological polar surface area (TPSA) is 49.3 Å². The molecule has 22 heavy (non-hydrogen) atoms. The highest BCUT2D eigenvalue weighted by Gasteiger charge is 2.42. The van der Waals surface area contributed by atoms with E-state index < -0.39 is 0 Å². The van der Waals surface area contributed by atoms with Crippen molar-refractivity contribution in [2.75, 3.05) is 0 Å². The van der Waals surface area contributed by atoms with Crippen molar-refractivity contribution in [3.05, 3.63) is 35.9 Å². The van der Waals surface area contributed by atoms with Gasteiger partial charge < -0.3 is 10.4 Å². The Balaban J connectivity index is 1.32. The Morgan fingerprint density at radius 3 is 2.59 bits per heavy atom. The summed E-state index contributed by atoms with van der Waals surface area (Å²) in [6.45, 7) is 0. The number of carbonyl (C=O) groups excluding carboxylic acids is 1. The molecule has 0 saturated heterocycles. The van der Waals surface area contributed by atoms with Gasteiger partial charge in [0.25, 0.3) is 0 Å². The third-order valence-corrected chi connectivity index (χ3v) is 5.19. The Morgan fingerprint density at radius 1 is 1.14 bits per heavy atom. The van der Waals surface area contributed by atoms with E-state index in [1.807, 2.05) is 0 Å². The highest BCUT2D eigenvalue weighted by atomic mass is 16.3. The zero-order valence-electron chi connectivity index (χ0n) is 13.2. The Bertz CT molecular complexity index is 479. The summed E-state index contributed by atoms with van der Waals surface area (Å²) >= 11 is 0. The van der Waals surface area contributed by atoms with Crippen molar-refractivity contribution >= 4 is 5.91 Å². The molecule has 2 atom stereocenters. The van der Waals surface area contributed by atoms with Crippen LogP contribution in [0.25, 0.3) is 0 Å². The zero-order valence-corrected chi connectivity index (χ0v) is 13.2. The van der Waals surface area contributed by atoms with Crippen molar-refractivity contribution in [2.24, 2.45) is 11.8 Å². The molecule has 2 fully saturated rings. The lowest BCUT2D eigenvalue weighted by molar-refractivity contribution is -0.123. The van der Waals surface area contributed by atoms with Crippen LogP contribution in [0.4, 0.5) is 0 Å². The van der Waals surface area contributed by atoms with Gasteiger partial charge in [-0.2, -0.15) is 0 Å². The van der Waals surface area contributed by atoms with Crippen LogP contribution in [0.2, 0.25) is 0 Å². The molecule has 1 amide bonds. The number of aryl methyl sites for hydroxylation is 1. The zero-order chi connectivity index (χ0) is 15.4. The molecule has 2 aliphatic rings. The van der Waals surface area contributed by atoms with Crippen molar-refractivity contribution in [1.29, 1.82) is 0 Å². The molecule has 0 radical (unpaired) electrons. The molecule has 0 spiro atoms. The molecule has 2 saturated carbocycles. The van der Waals surface area contributed by atoms with E-state index in [0.29, 0.717) is 12.0 Å². The van der Waals surface area contributed by atoms with E-state index in [0.717, 1.165) is 44.9 Å².